The number of aliphatic hydroxyl groups is 1. The molecule has 1 rings (SSSR count). The number of hydrogen-bond donors (Lipinski definition) is 2. The number of amides is 2. The van der Waals surface area contributed by atoms with Crippen LogP contribution in [-0.4, -0.2) is 41.3 Å². The fraction of sp³-hybridized carbons (Fsp3) is 0.955. The fourth-order valence-electron chi connectivity index (χ4n) is 3.79. The van der Waals surface area contributed by atoms with Gasteiger partial charge in [-0.25, -0.2) is 4.79 Å². The first kappa shape index (κ1) is 23.3. The Kier molecular flexibility index (Phi) is 11.3. The maximum atomic E-state index is 12.8. The number of carbonyl (C=O) groups excluding carboxylic acids is 1. The van der Waals surface area contributed by atoms with Gasteiger partial charge in [-0.05, 0) is 24.7 Å². The molecular weight excluding hydrogens is 324 g/mol. The maximum Gasteiger partial charge on any atom is 0.317 e. The lowest BCUT2D eigenvalue weighted by Gasteiger charge is -2.34. The van der Waals surface area contributed by atoms with Gasteiger partial charge in [-0.15, -0.1) is 0 Å². The number of aliphatic hydroxyl groups excluding tert-OH is 1. The molecule has 0 aromatic rings. The second kappa shape index (κ2) is 12.6. The molecule has 0 aromatic carbocycles. The summed E-state index contributed by atoms with van der Waals surface area (Å²) >= 11 is 0. The molecule has 0 radical (unpaired) electrons. The molecule has 0 aliphatic heterocycles. The van der Waals surface area contributed by atoms with Crippen LogP contribution < -0.4 is 5.32 Å². The third-order valence-corrected chi connectivity index (χ3v) is 5.27. The molecule has 0 unspecified atom stereocenters. The van der Waals surface area contributed by atoms with Crippen LogP contribution in [0.25, 0.3) is 0 Å². The van der Waals surface area contributed by atoms with Gasteiger partial charge in [0.05, 0.1) is 12.1 Å². The molecule has 1 aliphatic carbocycles. The van der Waals surface area contributed by atoms with Gasteiger partial charge in [0.25, 0.3) is 0 Å². The highest BCUT2D eigenvalue weighted by atomic mass is 16.3. The van der Waals surface area contributed by atoms with Crippen molar-refractivity contribution in [3.63, 3.8) is 0 Å². The van der Waals surface area contributed by atoms with Crippen molar-refractivity contribution in [3.8, 4) is 0 Å². The monoisotopic (exact) mass is 368 g/mol. The molecule has 2 N–H and O–H groups in total. The second-order valence-electron chi connectivity index (χ2n) is 9.36. The molecule has 0 aromatic heterocycles. The van der Waals surface area contributed by atoms with E-state index < -0.39 is 0 Å². The lowest BCUT2D eigenvalue weighted by atomic mass is 9.92. The van der Waals surface area contributed by atoms with Crippen molar-refractivity contribution in [2.24, 2.45) is 5.41 Å². The molecule has 0 spiro atoms. The summed E-state index contributed by atoms with van der Waals surface area (Å²) in [5, 5.41) is 13.2. The molecular formula is C22H44N2O2. The predicted molar refractivity (Wildman–Crippen MR) is 110 cm³/mol. The van der Waals surface area contributed by atoms with Gasteiger partial charge in [0.2, 0.25) is 0 Å². The Balaban J connectivity index is 2.37. The number of nitrogens with one attached hydrogen (secondary N) is 1. The summed E-state index contributed by atoms with van der Waals surface area (Å²) < 4.78 is 0. The summed E-state index contributed by atoms with van der Waals surface area (Å²) in [5.41, 5.74) is 0.0860. The van der Waals surface area contributed by atoms with Crippen molar-refractivity contribution in [1.29, 1.82) is 0 Å². The van der Waals surface area contributed by atoms with Crippen molar-refractivity contribution in [1.82, 2.24) is 10.2 Å². The standard InChI is InChI=1S/C22H44N2O2/c1-5-6-7-8-9-10-11-14-17-24(18-22(2,3)4)21(26)23-19-15-12-13-16-20(19)25/h19-20,25H,5-18H2,1-4H3,(H,23,26)/t19-,20-/m0/s1. The van der Waals surface area contributed by atoms with Gasteiger partial charge in [-0.3, -0.25) is 0 Å². The van der Waals surface area contributed by atoms with Crippen LogP contribution in [0.2, 0.25) is 0 Å². The Labute approximate surface area is 162 Å². The molecule has 154 valence electrons. The van der Waals surface area contributed by atoms with E-state index in [1.54, 1.807) is 0 Å². The van der Waals surface area contributed by atoms with Gasteiger partial charge in [-0.2, -0.15) is 0 Å². The molecule has 1 fully saturated rings. The van der Waals surface area contributed by atoms with E-state index >= 15 is 0 Å². The number of urea groups is 1. The molecule has 4 nitrogen and oxygen atoms in total. The van der Waals surface area contributed by atoms with Crippen LogP contribution in [0.1, 0.15) is 105 Å². The van der Waals surface area contributed by atoms with E-state index in [4.69, 9.17) is 0 Å². The van der Waals surface area contributed by atoms with Crippen LogP contribution in [0.5, 0.6) is 0 Å². The fourth-order valence-corrected chi connectivity index (χ4v) is 3.79. The SMILES string of the molecule is CCCCCCCCCCN(CC(C)(C)C)C(=O)N[C@H]1CCCC[C@@H]1O. The molecule has 1 saturated carbocycles. The molecule has 2 atom stereocenters. The van der Waals surface area contributed by atoms with E-state index in [0.29, 0.717) is 0 Å². The van der Waals surface area contributed by atoms with Crippen LogP contribution in [0.3, 0.4) is 0 Å². The highest BCUT2D eigenvalue weighted by molar-refractivity contribution is 5.74. The molecule has 2 amide bonds. The number of hydrogen-bond acceptors (Lipinski definition) is 2. The third-order valence-electron chi connectivity index (χ3n) is 5.27. The lowest BCUT2D eigenvalue weighted by molar-refractivity contribution is 0.0877. The number of unbranched alkanes of at least 4 members (excludes halogenated alkanes) is 7. The summed E-state index contributed by atoms with van der Waals surface area (Å²) in [6, 6.07) is -0.0638. The highest BCUT2D eigenvalue weighted by Gasteiger charge is 2.27. The van der Waals surface area contributed by atoms with Crippen LogP contribution in [0.15, 0.2) is 0 Å². The summed E-state index contributed by atoms with van der Waals surface area (Å²) in [7, 11) is 0. The smallest absolute Gasteiger partial charge is 0.317 e. The van der Waals surface area contributed by atoms with E-state index in [-0.39, 0.29) is 23.6 Å². The van der Waals surface area contributed by atoms with Crippen molar-refractivity contribution in [2.75, 3.05) is 13.1 Å². The molecule has 1 aliphatic rings. The van der Waals surface area contributed by atoms with Gasteiger partial charge >= 0.3 is 6.03 Å². The highest BCUT2D eigenvalue weighted by Crippen LogP contribution is 2.20. The second-order valence-corrected chi connectivity index (χ2v) is 9.36. The van der Waals surface area contributed by atoms with E-state index in [0.717, 1.165) is 45.2 Å². The third kappa shape index (κ3) is 10.4. The summed E-state index contributed by atoms with van der Waals surface area (Å²) in [6.07, 6.45) is 13.7. The summed E-state index contributed by atoms with van der Waals surface area (Å²) in [5.74, 6) is 0. The zero-order chi connectivity index (χ0) is 19.4. The van der Waals surface area contributed by atoms with Crippen LogP contribution in [-0.2, 0) is 0 Å². The Bertz CT molecular complexity index is 379. The van der Waals surface area contributed by atoms with Crippen LogP contribution >= 0.6 is 0 Å². The van der Waals surface area contributed by atoms with Gasteiger partial charge in [0.1, 0.15) is 0 Å². The first-order chi connectivity index (χ1) is 12.3. The Morgan fingerprint density at radius 1 is 1.00 bits per heavy atom. The Morgan fingerprint density at radius 3 is 2.15 bits per heavy atom. The first-order valence-electron chi connectivity index (χ1n) is 11.1. The predicted octanol–water partition coefficient (Wildman–Crippen LogP) is 5.49. The maximum absolute atomic E-state index is 12.8. The number of rotatable bonds is 11. The largest absolute Gasteiger partial charge is 0.391 e. The normalized spacial score (nSPS) is 20.8. The van der Waals surface area contributed by atoms with Crippen molar-refractivity contribution >= 4 is 6.03 Å². The Morgan fingerprint density at radius 2 is 1.58 bits per heavy atom. The van der Waals surface area contributed by atoms with Gasteiger partial charge in [0.15, 0.2) is 0 Å². The topological polar surface area (TPSA) is 52.6 Å². The minimum Gasteiger partial charge on any atom is -0.391 e. The van der Waals surface area contributed by atoms with Gasteiger partial charge in [0, 0.05) is 13.1 Å². The van der Waals surface area contributed by atoms with Crippen molar-refractivity contribution < 1.29 is 9.90 Å². The van der Waals surface area contributed by atoms with E-state index in [1.807, 2.05) is 4.90 Å². The molecule has 0 saturated heterocycles. The summed E-state index contributed by atoms with van der Waals surface area (Å²) in [4.78, 5) is 14.7. The molecule has 4 heteroatoms. The zero-order valence-electron chi connectivity index (χ0n) is 17.9. The van der Waals surface area contributed by atoms with Crippen LogP contribution in [0.4, 0.5) is 4.79 Å². The first-order valence-corrected chi connectivity index (χ1v) is 11.1. The van der Waals surface area contributed by atoms with Gasteiger partial charge in [-0.1, -0.05) is 85.5 Å². The van der Waals surface area contributed by atoms with Crippen molar-refractivity contribution in [3.05, 3.63) is 0 Å². The minimum absolute atomic E-state index is 0.00817. The lowest BCUT2D eigenvalue weighted by Crippen LogP contribution is -2.52. The van der Waals surface area contributed by atoms with E-state index in [1.165, 1.54) is 44.9 Å². The number of nitrogens with zero attached hydrogens (tertiary/aromatic N) is 1. The van der Waals surface area contributed by atoms with Crippen LogP contribution in [0, 0.1) is 5.41 Å². The molecule has 26 heavy (non-hydrogen) atoms. The van der Waals surface area contributed by atoms with Gasteiger partial charge < -0.3 is 15.3 Å². The molecule has 0 heterocycles. The van der Waals surface area contributed by atoms with Crippen molar-refractivity contribution in [2.45, 2.75) is 117 Å². The van der Waals surface area contributed by atoms with E-state index in [2.05, 4.69) is 33.0 Å². The zero-order valence-corrected chi connectivity index (χ0v) is 17.9. The quantitative estimate of drug-likeness (QED) is 0.474. The average molecular weight is 369 g/mol. The average Bonchev–Trinajstić information content (AvgIpc) is 2.57. The summed E-state index contributed by atoms with van der Waals surface area (Å²) in [6.45, 7) is 10.4. The molecule has 0 bridgehead atoms. The Hall–Kier alpha value is -0.770. The minimum atomic E-state index is -0.382. The van der Waals surface area contributed by atoms with E-state index in [9.17, 15) is 9.90 Å². The number of carbonyl (C=O) groups is 1.